The minimum Gasteiger partial charge on any atom is -0.376 e. The predicted octanol–water partition coefficient (Wildman–Crippen LogP) is 3.68. The lowest BCUT2D eigenvalue weighted by Crippen LogP contribution is -2.47. The summed E-state index contributed by atoms with van der Waals surface area (Å²) in [5.74, 6) is 0.0313. The van der Waals surface area contributed by atoms with Gasteiger partial charge in [0, 0.05) is 31.1 Å². The van der Waals surface area contributed by atoms with Crippen LogP contribution in [0.5, 0.6) is 0 Å². The van der Waals surface area contributed by atoms with E-state index in [1.807, 2.05) is 0 Å². The number of carbonyl (C=O) groups excluding carboxylic acids is 1. The zero-order chi connectivity index (χ0) is 14.7. The maximum Gasteiger partial charge on any atom is 0.165 e. The zero-order valence-electron chi connectivity index (χ0n) is 11.7. The quantitative estimate of drug-likeness (QED) is 0.794. The Kier molecular flexibility index (Phi) is 5.44. The van der Waals surface area contributed by atoms with Crippen LogP contribution < -0.4 is 0 Å². The summed E-state index contributed by atoms with van der Waals surface area (Å²) in [4.78, 5) is 14.5. The number of morpholine rings is 1. The summed E-state index contributed by atoms with van der Waals surface area (Å²) in [5, 5.41) is 0.772. The van der Waals surface area contributed by atoms with Gasteiger partial charge in [0.05, 0.1) is 22.8 Å². The van der Waals surface area contributed by atoms with Crippen LogP contribution in [0.25, 0.3) is 0 Å². The molecule has 20 heavy (non-hydrogen) atoms. The molecule has 110 valence electrons. The van der Waals surface area contributed by atoms with E-state index in [1.54, 1.807) is 18.2 Å². The maximum absolute atomic E-state index is 12.2. The lowest BCUT2D eigenvalue weighted by atomic mass is 10.1. The molecule has 1 heterocycles. The van der Waals surface area contributed by atoms with E-state index in [-0.39, 0.29) is 11.9 Å². The molecule has 0 bridgehead atoms. The Hall–Kier alpha value is -0.610. The van der Waals surface area contributed by atoms with Crippen molar-refractivity contribution >= 4 is 29.0 Å². The van der Waals surface area contributed by atoms with Crippen molar-refractivity contribution in [3.63, 3.8) is 0 Å². The Morgan fingerprint density at radius 2 is 2.15 bits per heavy atom. The zero-order valence-corrected chi connectivity index (χ0v) is 13.2. The van der Waals surface area contributed by atoms with Gasteiger partial charge in [-0.25, -0.2) is 0 Å². The summed E-state index contributed by atoms with van der Waals surface area (Å²) < 4.78 is 5.58. The van der Waals surface area contributed by atoms with E-state index in [9.17, 15) is 4.79 Å². The molecule has 5 heteroatoms. The van der Waals surface area contributed by atoms with E-state index in [4.69, 9.17) is 27.9 Å². The molecular formula is C15H19Cl2NO2. The molecule has 0 saturated carbocycles. The van der Waals surface area contributed by atoms with Crippen LogP contribution >= 0.6 is 23.2 Å². The molecule has 1 aromatic carbocycles. The molecule has 1 aromatic rings. The van der Waals surface area contributed by atoms with Gasteiger partial charge in [-0.1, -0.05) is 29.3 Å². The highest BCUT2D eigenvalue weighted by Crippen LogP contribution is 2.26. The smallest absolute Gasteiger partial charge is 0.165 e. The summed E-state index contributed by atoms with van der Waals surface area (Å²) in [6.45, 7) is 6.46. The molecule has 0 N–H and O–H groups in total. The average Bonchev–Trinajstić information content (AvgIpc) is 2.42. The van der Waals surface area contributed by atoms with Crippen LogP contribution in [0.2, 0.25) is 10.0 Å². The molecule has 0 amide bonds. The van der Waals surface area contributed by atoms with Gasteiger partial charge >= 0.3 is 0 Å². The molecule has 3 nitrogen and oxygen atoms in total. The van der Waals surface area contributed by atoms with Gasteiger partial charge in [-0.2, -0.15) is 0 Å². The Morgan fingerprint density at radius 1 is 1.40 bits per heavy atom. The molecule has 0 aliphatic carbocycles. The highest BCUT2D eigenvalue weighted by molar-refractivity contribution is 6.43. The van der Waals surface area contributed by atoms with Gasteiger partial charge in [0.15, 0.2) is 5.78 Å². The highest BCUT2D eigenvalue weighted by Gasteiger charge is 2.24. The Balaban J connectivity index is 1.96. The third-order valence-electron chi connectivity index (χ3n) is 3.61. The fraction of sp³-hybridized carbons (Fsp3) is 0.533. The third kappa shape index (κ3) is 3.73. The second-order valence-electron chi connectivity index (χ2n) is 5.26. The summed E-state index contributed by atoms with van der Waals surface area (Å²) >= 11 is 12.0. The first-order valence-electron chi connectivity index (χ1n) is 6.82. The summed E-state index contributed by atoms with van der Waals surface area (Å²) in [6, 6.07) is 5.50. The number of ether oxygens (including phenoxy) is 1. The summed E-state index contributed by atoms with van der Waals surface area (Å²) in [6.07, 6.45) is 0.660. The van der Waals surface area contributed by atoms with Gasteiger partial charge in [-0.3, -0.25) is 9.69 Å². The van der Waals surface area contributed by atoms with Crippen LogP contribution in [0.4, 0.5) is 0 Å². The number of hydrogen-bond donors (Lipinski definition) is 0. The molecular weight excluding hydrogens is 297 g/mol. The topological polar surface area (TPSA) is 29.5 Å². The predicted molar refractivity (Wildman–Crippen MR) is 81.9 cm³/mol. The van der Waals surface area contributed by atoms with Crippen LogP contribution in [0.3, 0.4) is 0 Å². The van der Waals surface area contributed by atoms with Crippen molar-refractivity contribution in [3.05, 3.63) is 33.8 Å². The standard InChI is InChI=1S/C15H19Cl2NO2/c1-10-9-20-11(2)8-18(10)7-6-14(19)12-4-3-5-13(16)15(12)17/h3-5,10-11H,6-9H2,1-2H3. The Labute approximate surface area is 129 Å². The fourth-order valence-electron chi connectivity index (χ4n) is 2.38. The number of rotatable bonds is 4. The SMILES string of the molecule is CC1CN(CCC(=O)c2cccc(Cl)c2Cl)C(C)CO1. The van der Waals surface area contributed by atoms with Crippen molar-refractivity contribution in [1.82, 2.24) is 4.90 Å². The van der Waals surface area contributed by atoms with E-state index in [0.29, 0.717) is 34.7 Å². The number of hydrogen-bond acceptors (Lipinski definition) is 3. The Morgan fingerprint density at radius 3 is 2.90 bits per heavy atom. The van der Waals surface area contributed by atoms with Crippen LogP contribution in [0.15, 0.2) is 18.2 Å². The molecule has 2 rings (SSSR count). The summed E-state index contributed by atoms with van der Waals surface area (Å²) in [7, 11) is 0. The van der Waals surface area contributed by atoms with Crippen LogP contribution in [0, 0.1) is 0 Å². The molecule has 0 radical (unpaired) electrons. The van der Waals surface area contributed by atoms with Gasteiger partial charge in [-0.15, -0.1) is 0 Å². The first-order valence-corrected chi connectivity index (χ1v) is 7.57. The van der Waals surface area contributed by atoms with Crippen molar-refractivity contribution < 1.29 is 9.53 Å². The molecule has 1 aliphatic heterocycles. The number of Topliss-reactive ketones (excluding diaryl/α,β-unsaturated/α-hetero) is 1. The van der Waals surface area contributed by atoms with E-state index in [0.717, 1.165) is 13.1 Å². The average molecular weight is 316 g/mol. The van der Waals surface area contributed by atoms with Crippen molar-refractivity contribution in [2.45, 2.75) is 32.4 Å². The second-order valence-corrected chi connectivity index (χ2v) is 6.05. The van der Waals surface area contributed by atoms with E-state index >= 15 is 0 Å². The molecule has 1 aliphatic rings. The number of carbonyl (C=O) groups is 1. The number of nitrogens with zero attached hydrogens (tertiary/aromatic N) is 1. The first kappa shape index (κ1) is 15.8. The maximum atomic E-state index is 12.2. The normalized spacial score (nSPS) is 23.8. The van der Waals surface area contributed by atoms with Crippen molar-refractivity contribution in [2.75, 3.05) is 19.7 Å². The van der Waals surface area contributed by atoms with Gasteiger partial charge in [-0.05, 0) is 26.0 Å². The van der Waals surface area contributed by atoms with Gasteiger partial charge in [0.25, 0.3) is 0 Å². The van der Waals surface area contributed by atoms with Crippen LogP contribution in [-0.4, -0.2) is 42.5 Å². The largest absolute Gasteiger partial charge is 0.376 e. The van der Waals surface area contributed by atoms with Gasteiger partial charge in [0.2, 0.25) is 0 Å². The second kappa shape index (κ2) is 6.90. The van der Waals surface area contributed by atoms with Crippen LogP contribution in [0.1, 0.15) is 30.6 Å². The molecule has 1 fully saturated rings. The molecule has 2 unspecified atom stereocenters. The van der Waals surface area contributed by atoms with E-state index < -0.39 is 0 Å². The summed E-state index contributed by atoms with van der Waals surface area (Å²) in [5.41, 5.74) is 0.508. The van der Waals surface area contributed by atoms with Gasteiger partial charge in [0.1, 0.15) is 0 Å². The minimum absolute atomic E-state index is 0.0313. The Bertz CT molecular complexity index is 493. The number of halogens is 2. The lowest BCUT2D eigenvalue weighted by molar-refractivity contribution is -0.0488. The van der Waals surface area contributed by atoms with Crippen LogP contribution in [-0.2, 0) is 4.74 Å². The molecule has 0 spiro atoms. The van der Waals surface area contributed by atoms with Crippen molar-refractivity contribution in [1.29, 1.82) is 0 Å². The third-order valence-corrected chi connectivity index (χ3v) is 4.43. The van der Waals surface area contributed by atoms with Crippen molar-refractivity contribution in [3.8, 4) is 0 Å². The fourth-order valence-corrected chi connectivity index (χ4v) is 2.79. The number of benzene rings is 1. The first-order chi connectivity index (χ1) is 9.49. The molecule has 0 aromatic heterocycles. The number of ketones is 1. The van der Waals surface area contributed by atoms with Gasteiger partial charge < -0.3 is 4.74 Å². The highest BCUT2D eigenvalue weighted by atomic mass is 35.5. The van der Waals surface area contributed by atoms with Crippen molar-refractivity contribution in [2.24, 2.45) is 0 Å². The monoisotopic (exact) mass is 315 g/mol. The minimum atomic E-state index is 0.0313. The van der Waals surface area contributed by atoms with E-state index in [2.05, 4.69) is 18.7 Å². The lowest BCUT2D eigenvalue weighted by Gasteiger charge is -2.36. The van der Waals surface area contributed by atoms with E-state index in [1.165, 1.54) is 0 Å². The molecule has 1 saturated heterocycles. The molecule has 2 atom stereocenters.